The predicted molar refractivity (Wildman–Crippen MR) is 132 cm³/mol. The Morgan fingerprint density at radius 3 is 2.17 bits per heavy atom. The van der Waals surface area contributed by atoms with Gasteiger partial charge in [0.05, 0.1) is 6.61 Å². The molecule has 0 saturated carbocycles. The number of thiocarbonyl (C=S) groups is 1. The Morgan fingerprint density at radius 1 is 0.967 bits per heavy atom. The lowest BCUT2D eigenvalue weighted by atomic mass is 10.1. The van der Waals surface area contributed by atoms with Gasteiger partial charge in [-0.2, -0.15) is 0 Å². The van der Waals surface area contributed by atoms with E-state index in [4.69, 9.17) is 17.0 Å². The van der Waals surface area contributed by atoms with Crippen molar-refractivity contribution in [2.75, 3.05) is 11.9 Å². The fourth-order valence-corrected chi connectivity index (χ4v) is 3.46. The number of carbonyl (C=O) groups excluding carboxylic acids is 1. The smallest absolute Gasteiger partial charge is 0.226 e. The second kappa shape index (κ2) is 17.1. The Morgan fingerprint density at radius 2 is 1.57 bits per heavy atom. The van der Waals surface area contributed by atoms with Gasteiger partial charge in [-0.25, -0.2) is 0 Å². The maximum atomic E-state index is 12.1. The summed E-state index contributed by atoms with van der Waals surface area (Å²) >= 11 is 5.27. The van der Waals surface area contributed by atoms with Crippen LogP contribution in [0.15, 0.2) is 24.3 Å². The SMILES string of the molecule is CCCCCCCCCCCCCC(=O)NC(=S)Nc1cccc(OCC(C)C)c1. The van der Waals surface area contributed by atoms with Gasteiger partial charge >= 0.3 is 0 Å². The molecule has 0 spiro atoms. The fourth-order valence-electron chi connectivity index (χ4n) is 3.23. The summed E-state index contributed by atoms with van der Waals surface area (Å²) in [4.78, 5) is 12.1. The Hall–Kier alpha value is -1.62. The topological polar surface area (TPSA) is 50.4 Å². The number of benzene rings is 1. The van der Waals surface area contributed by atoms with Crippen molar-refractivity contribution in [3.8, 4) is 5.75 Å². The van der Waals surface area contributed by atoms with Crippen molar-refractivity contribution in [3.63, 3.8) is 0 Å². The zero-order valence-electron chi connectivity index (χ0n) is 19.3. The van der Waals surface area contributed by atoms with Crippen molar-refractivity contribution < 1.29 is 9.53 Å². The van der Waals surface area contributed by atoms with Crippen molar-refractivity contribution in [1.29, 1.82) is 0 Å². The predicted octanol–water partition coefficient (Wildman–Crippen LogP) is 7.24. The third-order valence-electron chi connectivity index (χ3n) is 4.94. The lowest BCUT2D eigenvalue weighted by Gasteiger charge is -2.12. The number of rotatable bonds is 16. The molecule has 1 aromatic carbocycles. The van der Waals surface area contributed by atoms with Crippen molar-refractivity contribution in [2.45, 2.75) is 97.8 Å². The van der Waals surface area contributed by atoms with Crippen LogP contribution in [0.25, 0.3) is 0 Å². The number of anilines is 1. The molecule has 1 amide bonds. The molecule has 2 N–H and O–H groups in total. The van der Waals surface area contributed by atoms with E-state index in [9.17, 15) is 4.79 Å². The summed E-state index contributed by atoms with van der Waals surface area (Å²) in [5, 5.41) is 6.17. The van der Waals surface area contributed by atoms with Crippen LogP contribution in [-0.4, -0.2) is 17.6 Å². The van der Waals surface area contributed by atoms with Gasteiger partial charge in [-0.15, -0.1) is 0 Å². The molecule has 0 aliphatic rings. The highest BCUT2D eigenvalue weighted by Crippen LogP contribution is 2.18. The van der Waals surface area contributed by atoms with Gasteiger partial charge in [-0.3, -0.25) is 4.79 Å². The quantitative estimate of drug-likeness (QED) is 0.213. The third kappa shape index (κ3) is 14.4. The maximum absolute atomic E-state index is 12.1. The Labute approximate surface area is 189 Å². The molecule has 0 aliphatic carbocycles. The minimum Gasteiger partial charge on any atom is -0.493 e. The Kier molecular flexibility index (Phi) is 15.1. The molecule has 170 valence electrons. The molecule has 0 fully saturated rings. The van der Waals surface area contributed by atoms with Crippen LogP contribution < -0.4 is 15.4 Å². The zero-order chi connectivity index (χ0) is 22.0. The number of hydrogen-bond acceptors (Lipinski definition) is 3. The monoisotopic (exact) mass is 434 g/mol. The molecule has 0 saturated heterocycles. The van der Waals surface area contributed by atoms with Crippen LogP contribution in [0, 0.1) is 5.92 Å². The van der Waals surface area contributed by atoms with Gasteiger partial charge in [0, 0.05) is 18.2 Å². The maximum Gasteiger partial charge on any atom is 0.226 e. The van der Waals surface area contributed by atoms with Crippen molar-refractivity contribution in [2.24, 2.45) is 5.92 Å². The lowest BCUT2D eigenvalue weighted by molar-refractivity contribution is -0.119. The van der Waals surface area contributed by atoms with Crippen LogP contribution >= 0.6 is 12.2 Å². The molecule has 1 aromatic rings. The van der Waals surface area contributed by atoms with Crippen LogP contribution in [0.3, 0.4) is 0 Å². The van der Waals surface area contributed by atoms with E-state index in [1.165, 1.54) is 57.8 Å². The van der Waals surface area contributed by atoms with Gasteiger partial charge in [-0.05, 0) is 36.7 Å². The molecule has 4 nitrogen and oxygen atoms in total. The second-order valence-electron chi connectivity index (χ2n) is 8.52. The second-order valence-corrected chi connectivity index (χ2v) is 8.93. The zero-order valence-corrected chi connectivity index (χ0v) is 20.1. The molecule has 5 heteroatoms. The van der Waals surface area contributed by atoms with Crippen LogP contribution in [0.4, 0.5) is 5.69 Å². The molecule has 0 aliphatic heterocycles. The number of carbonyl (C=O) groups is 1. The first-order valence-corrected chi connectivity index (χ1v) is 12.3. The summed E-state index contributed by atoms with van der Waals surface area (Å²) in [7, 11) is 0. The fraction of sp³-hybridized carbons (Fsp3) is 0.680. The Bertz CT molecular complexity index is 605. The van der Waals surface area contributed by atoms with E-state index in [1.54, 1.807) is 0 Å². The molecule has 0 radical (unpaired) electrons. The number of ether oxygens (including phenoxy) is 1. The van der Waals surface area contributed by atoms with Crippen molar-refractivity contribution in [3.05, 3.63) is 24.3 Å². The largest absolute Gasteiger partial charge is 0.493 e. The lowest BCUT2D eigenvalue weighted by Crippen LogP contribution is -2.33. The van der Waals surface area contributed by atoms with Crippen molar-refractivity contribution in [1.82, 2.24) is 5.32 Å². The van der Waals surface area contributed by atoms with Crippen LogP contribution in [-0.2, 0) is 4.79 Å². The van der Waals surface area contributed by atoms with Gasteiger partial charge < -0.3 is 15.4 Å². The molecule has 0 unspecified atom stereocenters. The average Bonchev–Trinajstić information content (AvgIpc) is 2.70. The molecule has 1 rings (SSSR count). The highest BCUT2D eigenvalue weighted by molar-refractivity contribution is 7.80. The standard InChI is InChI=1S/C25H42N2O2S/c1-4-5-6-7-8-9-10-11-12-13-14-18-24(28)27-25(30)26-22-16-15-17-23(19-22)29-20-21(2)3/h15-17,19,21H,4-14,18,20H2,1-3H3,(H2,26,27,28,30). The highest BCUT2D eigenvalue weighted by atomic mass is 32.1. The van der Waals surface area contributed by atoms with Crippen molar-refractivity contribution >= 4 is 28.9 Å². The molecule has 30 heavy (non-hydrogen) atoms. The van der Waals surface area contributed by atoms with Crippen LogP contribution in [0.1, 0.15) is 97.8 Å². The number of amides is 1. The van der Waals surface area contributed by atoms with E-state index in [2.05, 4.69) is 31.4 Å². The van der Waals surface area contributed by atoms with E-state index in [-0.39, 0.29) is 5.91 Å². The number of unbranched alkanes of at least 4 members (excludes halogenated alkanes) is 10. The number of nitrogens with one attached hydrogen (secondary N) is 2. The van der Waals surface area contributed by atoms with E-state index >= 15 is 0 Å². The van der Waals surface area contributed by atoms with E-state index in [0.29, 0.717) is 24.1 Å². The summed E-state index contributed by atoms with van der Waals surface area (Å²) in [6, 6.07) is 7.63. The van der Waals surface area contributed by atoms with Crippen LogP contribution in [0.5, 0.6) is 5.75 Å². The van der Waals surface area contributed by atoms with Gasteiger partial charge in [0.1, 0.15) is 5.75 Å². The molecule has 0 atom stereocenters. The van der Waals surface area contributed by atoms with Gasteiger partial charge in [-0.1, -0.05) is 91.0 Å². The minimum absolute atomic E-state index is 0.0179. The third-order valence-corrected chi connectivity index (χ3v) is 5.14. The van der Waals surface area contributed by atoms with Gasteiger partial charge in [0.2, 0.25) is 5.91 Å². The number of hydrogen-bond donors (Lipinski definition) is 2. The normalized spacial score (nSPS) is 10.8. The summed E-state index contributed by atoms with van der Waals surface area (Å²) in [6.45, 7) is 7.15. The summed E-state index contributed by atoms with van der Waals surface area (Å²) in [5.74, 6) is 1.25. The minimum atomic E-state index is -0.0179. The van der Waals surface area contributed by atoms with Crippen LogP contribution in [0.2, 0.25) is 0 Å². The summed E-state index contributed by atoms with van der Waals surface area (Å²) in [6.07, 6.45) is 14.6. The Balaban J connectivity index is 2.09. The van der Waals surface area contributed by atoms with Gasteiger partial charge in [0.25, 0.3) is 0 Å². The highest BCUT2D eigenvalue weighted by Gasteiger charge is 2.06. The first kappa shape index (κ1) is 26.4. The first-order valence-electron chi connectivity index (χ1n) is 11.8. The van der Waals surface area contributed by atoms with E-state index < -0.39 is 0 Å². The molecule has 0 bridgehead atoms. The molecular formula is C25H42N2O2S. The molecule has 0 aromatic heterocycles. The first-order chi connectivity index (χ1) is 14.5. The summed E-state index contributed by atoms with van der Waals surface area (Å²) < 4.78 is 5.72. The molecular weight excluding hydrogens is 392 g/mol. The van der Waals surface area contributed by atoms with Gasteiger partial charge in [0.15, 0.2) is 5.11 Å². The van der Waals surface area contributed by atoms with E-state index in [1.807, 2.05) is 24.3 Å². The average molecular weight is 435 g/mol. The summed E-state index contributed by atoms with van der Waals surface area (Å²) in [5.41, 5.74) is 0.816. The molecule has 0 heterocycles. The van der Waals surface area contributed by atoms with E-state index in [0.717, 1.165) is 24.3 Å².